The van der Waals surface area contributed by atoms with Crippen molar-refractivity contribution in [2.45, 2.75) is 50.2 Å². The number of anilines is 1. The van der Waals surface area contributed by atoms with E-state index in [0.29, 0.717) is 17.9 Å². The van der Waals surface area contributed by atoms with Crippen LogP contribution in [0.5, 0.6) is 5.75 Å². The van der Waals surface area contributed by atoms with E-state index in [1.807, 2.05) is 56.3 Å². The summed E-state index contributed by atoms with van der Waals surface area (Å²) in [6, 6.07) is 30.4. The van der Waals surface area contributed by atoms with Crippen LogP contribution >= 0.6 is 15.9 Å². The van der Waals surface area contributed by atoms with E-state index in [1.54, 1.807) is 61.7 Å². The molecule has 0 spiro atoms. The number of amides is 2. The summed E-state index contributed by atoms with van der Waals surface area (Å²) in [6.07, 6.45) is 0.947. The van der Waals surface area contributed by atoms with Crippen LogP contribution in [0.25, 0.3) is 0 Å². The van der Waals surface area contributed by atoms with E-state index in [2.05, 4.69) is 21.2 Å². The van der Waals surface area contributed by atoms with Crippen LogP contribution in [0.1, 0.15) is 31.4 Å². The topological polar surface area (TPSA) is 96.0 Å². The van der Waals surface area contributed by atoms with Crippen LogP contribution in [0, 0.1) is 0 Å². The Bertz CT molecular complexity index is 1670. The molecule has 0 saturated heterocycles. The lowest BCUT2D eigenvalue weighted by molar-refractivity contribution is -0.140. The van der Waals surface area contributed by atoms with Crippen molar-refractivity contribution in [3.8, 4) is 5.75 Å². The fourth-order valence-electron chi connectivity index (χ4n) is 4.82. The summed E-state index contributed by atoms with van der Waals surface area (Å²) in [5.74, 6) is -0.238. The summed E-state index contributed by atoms with van der Waals surface area (Å²) in [4.78, 5) is 30.0. The van der Waals surface area contributed by atoms with E-state index in [-0.39, 0.29) is 29.8 Å². The number of carbonyl (C=O) groups is 2. The molecule has 0 bridgehead atoms. The Balaban J connectivity index is 1.81. The predicted octanol–water partition coefficient (Wildman–Crippen LogP) is 6.21. The molecule has 236 valence electrons. The van der Waals surface area contributed by atoms with Gasteiger partial charge in [-0.25, -0.2) is 8.42 Å². The van der Waals surface area contributed by atoms with Gasteiger partial charge in [-0.05, 0) is 73.0 Å². The van der Waals surface area contributed by atoms with E-state index in [0.717, 1.165) is 19.9 Å². The van der Waals surface area contributed by atoms with Crippen molar-refractivity contribution < 1.29 is 22.7 Å². The minimum absolute atomic E-state index is 0.0513. The fourth-order valence-corrected chi connectivity index (χ4v) is 6.52. The smallest absolute Gasteiger partial charge is 0.264 e. The Morgan fingerprint density at radius 2 is 1.49 bits per heavy atom. The van der Waals surface area contributed by atoms with Crippen molar-refractivity contribution in [1.29, 1.82) is 0 Å². The highest BCUT2D eigenvalue weighted by molar-refractivity contribution is 9.10. The molecule has 0 saturated carbocycles. The van der Waals surface area contributed by atoms with Gasteiger partial charge in [0.15, 0.2) is 0 Å². The number of benzene rings is 4. The Morgan fingerprint density at radius 1 is 0.867 bits per heavy atom. The highest BCUT2D eigenvalue weighted by atomic mass is 79.9. The molecular weight excluding hydrogens is 654 g/mol. The number of sulfonamides is 1. The van der Waals surface area contributed by atoms with Gasteiger partial charge in [0, 0.05) is 23.5 Å². The predicted molar refractivity (Wildman–Crippen MR) is 180 cm³/mol. The van der Waals surface area contributed by atoms with Gasteiger partial charge >= 0.3 is 0 Å². The number of methoxy groups -OCH3 is 1. The molecule has 0 aliphatic carbocycles. The van der Waals surface area contributed by atoms with E-state index in [1.165, 1.54) is 17.0 Å². The van der Waals surface area contributed by atoms with Crippen LogP contribution in [0.3, 0.4) is 0 Å². The fraction of sp³-hybridized carbons (Fsp3) is 0.257. The molecule has 4 aromatic carbocycles. The third-order valence-electron chi connectivity index (χ3n) is 7.48. The van der Waals surface area contributed by atoms with Crippen LogP contribution < -0.4 is 14.4 Å². The molecule has 0 aliphatic rings. The molecule has 0 aromatic heterocycles. The molecule has 45 heavy (non-hydrogen) atoms. The lowest BCUT2D eigenvalue weighted by Crippen LogP contribution is -2.54. The van der Waals surface area contributed by atoms with Gasteiger partial charge in [0.05, 0.1) is 17.7 Å². The van der Waals surface area contributed by atoms with Crippen molar-refractivity contribution in [3.63, 3.8) is 0 Å². The summed E-state index contributed by atoms with van der Waals surface area (Å²) in [6.45, 7) is 3.42. The van der Waals surface area contributed by atoms with Gasteiger partial charge in [0.2, 0.25) is 11.8 Å². The maximum atomic E-state index is 14.5. The van der Waals surface area contributed by atoms with E-state index in [9.17, 15) is 18.0 Å². The maximum Gasteiger partial charge on any atom is 0.264 e. The Kier molecular flexibility index (Phi) is 11.8. The third-order valence-corrected chi connectivity index (χ3v) is 9.80. The third kappa shape index (κ3) is 8.95. The molecule has 8 nitrogen and oxygen atoms in total. The second-order valence-corrected chi connectivity index (χ2v) is 13.5. The number of nitrogens with zero attached hydrogens (tertiary/aromatic N) is 2. The van der Waals surface area contributed by atoms with Crippen molar-refractivity contribution in [3.05, 3.63) is 125 Å². The minimum atomic E-state index is -4.16. The molecule has 2 atom stereocenters. The van der Waals surface area contributed by atoms with Crippen molar-refractivity contribution in [1.82, 2.24) is 10.2 Å². The molecule has 0 aliphatic heterocycles. The number of halogens is 1. The molecule has 2 amide bonds. The molecule has 0 radical (unpaired) electrons. The van der Waals surface area contributed by atoms with Crippen LogP contribution in [0.4, 0.5) is 5.69 Å². The van der Waals surface area contributed by atoms with Gasteiger partial charge < -0.3 is 15.0 Å². The summed E-state index contributed by atoms with van der Waals surface area (Å²) in [7, 11) is -2.60. The molecule has 10 heteroatoms. The van der Waals surface area contributed by atoms with Crippen LogP contribution in [0.15, 0.2) is 119 Å². The monoisotopic (exact) mass is 691 g/mol. The lowest BCUT2D eigenvalue weighted by atomic mass is 10.0. The molecule has 4 aromatic rings. The standard InChI is InChI=1S/C35H38BrN3O5S/c1-4-26(2)37-35(41)33(23-27-12-7-5-8-13-27)38(24-28-14-11-15-31(22-28)44-3)34(40)25-39(30-20-18-29(36)19-21-30)45(42,43)32-16-9-6-10-17-32/h5-22,26,33H,4,23-25H2,1-3H3,(H,37,41)/t26-,33+/m1/s1. The lowest BCUT2D eigenvalue weighted by Gasteiger charge is -2.34. The second-order valence-electron chi connectivity index (χ2n) is 10.7. The van der Waals surface area contributed by atoms with E-state index in [4.69, 9.17) is 4.74 Å². The molecule has 1 N–H and O–H groups in total. The van der Waals surface area contributed by atoms with Crippen LogP contribution in [-0.4, -0.2) is 50.9 Å². The average Bonchev–Trinajstić information content (AvgIpc) is 3.06. The van der Waals surface area contributed by atoms with Crippen molar-refractivity contribution >= 4 is 43.5 Å². The van der Waals surface area contributed by atoms with Crippen LogP contribution in [-0.2, 0) is 32.6 Å². The zero-order valence-corrected chi connectivity index (χ0v) is 28.0. The SMILES string of the molecule is CC[C@@H](C)NC(=O)[C@H](Cc1ccccc1)N(Cc1cccc(OC)c1)C(=O)CN(c1ccc(Br)cc1)S(=O)(=O)c1ccccc1. The van der Waals surface area contributed by atoms with Crippen molar-refractivity contribution in [2.75, 3.05) is 18.0 Å². The van der Waals surface area contributed by atoms with E-state index < -0.39 is 28.5 Å². The molecule has 0 unspecified atom stereocenters. The first kappa shape index (κ1) is 33.7. The minimum Gasteiger partial charge on any atom is -0.497 e. The summed E-state index contributed by atoms with van der Waals surface area (Å²) in [5.41, 5.74) is 1.92. The van der Waals surface area contributed by atoms with Crippen LogP contribution in [0.2, 0.25) is 0 Å². The highest BCUT2D eigenvalue weighted by Gasteiger charge is 2.35. The van der Waals surface area contributed by atoms with Gasteiger partial charge in [-0.2, -0.15) is 0 Å². The van der Waals surface area contributed by atoms with Gasteiger partial charge in [-0.3, -0.25) is 13.9 Å². The zero-order chi connectivity index (χ0) is 32.4. The largest absolute Gasteiger partial charge is 0.497 e. The Hall–Kier alpha value is -4.15. The number of carbonyl (C=O) groups excluding carboxylic acids is 2. The average molecular weight is 693 g/mol. The molecule has 4 rings (SSSR count). The summed E-state index contributed by atoms with van der Waals surface area (Å²) < 4.78 is 35.4. The Morgan fingerprint density at radius 3 is 2.11 bits per heavy atom. The second kappa shape index (κ2) is 15.7. The number of ether oxygens (including phenoxy) is 1. The summed E-state index contributed by atoms with van der Waals surface area (Å²) in [5, 5.41) is 3.05. The molecule has 0 heterocycles. The highest BCUT2D eigenvalue weighted by Crippen LogP contribution is 2.27. The van der Waals surface area contributed by atoms with Crippen molar-refractivity contribution in [2.24, 2.45) is 0 Å². The maximum absolute atomic E-state index is 14.5. The normalized spacial score (nSPS) is 12.5. The van der Waals surface area contributed by atoms with Gasteiger partial charge in [0.1, 0.15) is 18.3 Å². The number of nitrogens with one attached hydrogen (secondary N) is 1. The van der Waals surface area contributed by atoms with E-state index >= 15 is 0 Å². The first-order chi connectivity index (χ1) is 21.6. The van der Waals surface area contributed by atoms with Gasteiger partial charge in [-0.1, -0.05) is 83.5 Å². The molecular formula is C35H38BrN3O5S. The first-order valence-electron chi connectivity index (χ1n) is 14.7. The molecule has 0 fully saturated rings. The summed E-state index contributed by atoms with van der Waals surface area (Å²) >= 11 is 3.41. The van der Waals surface area contributed by atoms with Gasteiger partial charge in [-0.15, -0.1) is 0 Å². The first-order valence-corrected chi connectivity index (χ1v) is 17.0. The number of rotatable bonds is 14. The Labute approximate surface area is 274 Å². The number of hydrogen-bond donors (Lipinski definition) is 1. The quantitative estimate of drug-likeness (QED) is 0.170. The van der Waals surface area contributed by atoms with Gasteiger partial charge in [0.25, 0.3) is 10.0 Å². The number of hydrogen-bond acceptors (Lipinski definition) is 5. The zero-order valence-electron chi connectivity index (χ0n) is 25.6.